The summed E-state index contributed by atoms with van der Waals surface area (Å²) in [6.07, 6.45) is -4.84. The van der Waals surface area contributed by atoms with Crippen LogP contribution in [0.4, 0.5) is 17.6 Å². The number of fused-ring (bicyclic) bond motifs is 1. The van der Waals surface area contributed by atoms with Crippen LogP contribution in [0.5, 0.6) is 5.88 Å². The molecule has 0 fully saturated rings. The Balaban J connectivity index is 2.18. The van der Waals surface area contributed by atoms with Gasteiger partial charge in [0.1, 0.15) is 11.9 Å². The van der Waals surface area contributed by atoms with Crippen LogP contribution in [0.25, 0.3) is 22.3 Å². The van der Waals surface area contributed by atoms with E-state index in [-0.39, 0.29) is 23.9 Å². The third-order valence-corrected chi connectivity index (χ3v) is 3.37. The Labute approximate surface area is 139 Å². The van der Waals surface area contributed by atoms with Crippen molar-refractivity contribution in [1.29, 1.82) is 5.26 Å². The van der Waals surface area contributed by atoms with Crippen LogP contribution in [-0.4, -0.2) is 16.6 Å². The smallest absolute Gasteiger partial charge is 0.419 e. The number of aromatic nitrogens is 2. The zero-order valence-electron chi connectivity index (χ0n) is 12.5. The Bertz CT molecular complexity index is 980. The van der Waals surface area contributed by atoms with Gasteiger partial charge in [0.2, 0.25) is 5.88 Å². The molecule has 8 heteroatoms. The molecule has 0 saturated heterocycles. The van der Waals surface area contributed by atoms with Crippen LogP contribution >= 0.6 is 0 Å². The van der Waals surface area contributed by atoms with E-state index >= 15 is 0 Å². The average Bonchev–Trinajstić information content (AvgIpc) is 2.58. The van der Waals surface area contributed by atoms with Crippen LogP contribution in [0.15, 0.2) is 42.5 Å². The summed E-state index contributed by atoms with van der Waals surface area (Å²) in [4.78, 5) is 8.29. The van der Waals surface area contributed by atoms with E-state index in [2.05, 4.69) is 9.97 Å². The van der Waals surface area contributed by atoms with Gasteiger partial charge in [-0.2, -0.15) is 23.4 Å². The van der Waals surface area contributed by atoms with E-state index in [1.54, 1.807) is 30.3 Å². The summed E-state index contributed by atoms with van der Waals surface area (Å²) in [5.41, 5.74) is -0.985. The molecule has 0 atom stereocenters. The summed E-state index contributed by atoms with van der Waals surface area (Å²) in [5.74, 6) is -1.37. The van der Waals surface area contributed by atoms with Gasteiger partial charge >= 0.3 is 6.18 Å². The molecular weight excluding hydrogens is 338 g/mol. The van der Waals surface area contributed by atoms with Crippen molar-refractivity contribution in [2.75, 3.05) is 6.61 Å². The SMILES string of the molecule is N#CCOc1nc(-c2ccc(F)c(C(F)(F)F)c2)nc2ccccc12. The first-order valence-corrected chi connectivity index (χ1v) is 7.04. The Kier molecular flexibility index (Phi) is 4.23. The molecule has 4 nitrogen and oxygen atoms in total. The third kappa shape index (κ3) is 3.35. The molecule has 1 heterocycles. The number of ether oxygens (including phenoxy) is 1. The normalized spacial score (nSPS) is 11.3. The zero-order valence-corrected chi connectivity index (χ0v) is 12.5. The molecule has 0 aliphatic carbocycles. The van der Waals surface area contributed by atoms with Gasteiger partial charge in [-0.15, -0.1) is 0 Å². The van der Waals surface area contributed by atoms with E-state index in [9.17, 15) is 17.6 Å². The van der Waals surface area contributed by atoms with Gasteiger partial charge in [-0.3, -0.25) is 0 Å². The first-order valence-electron chi connectivity index (χ1n) is 7.04. The quantitative estimate of drug-likeness (QED) is 0.661. The lowest BCUT2D eigenvalue weighted by Gasteiger charge is -2.11. The Morgan fingerprint density at radius 3 is 2.56 bits per heavy atom. The number of nitriles is 1. The second-order valence-corrected chi connectivity index (χ2v) is 5.01. The first-order chi connectivity index (χ1) is 11.9. The highest BCUT2D eigenvalue weighted by atomic mass is 19.4. The van der Waals surface area contributed by atoms with Gasteiger partial charge in [0.15, 0.2) is 12.4 Å². The van der Waals surface area contributed by atoms with Crippen molar-refractivity contribution < 1.29 is 22.3 Å². The van der Waals surface area contributed by atoms with Crippen molar-refractivity contribution in [2.24, 2.45) is 0 Å². The fourth-order valence-electron chi connectivity index (χ4n) is 2.27. The van der Waals surface area contributed by atoms with Gasteiger partial charge in [0.25, 0.3) is 0 Å². The maximum Gasteiger partial charge on any atom is 0.419 e. The van der Waals surface area contributed by atoms with Crippen LogP contribution in [0, 0.1) is 17.1 Å². The highest BCUT2D eigenvalue weighted by molar-refractivity contribution is 5.85. The summed E-state index contributed by atoms with van der Waals surface area (Å²) in [6, 6.07) is 11.0. The highest BCUT2D eigenvalue weighted by Crippen LogP contribution is 2.34. The minimum Gasteiger partial charge on any atom is -0.462 e. The second-order valence-electron chi connectivity index (χ2n) is 5.01. The maximum absolute atomic E-state index is 13.5. The number of para-hydroxylation sites is 1. The van der Waals surface area contributed by atoms with Gasteiger partial charge in [-0.25, -0.2) is 9.37 Å². The standard InChI is InChI=1S/C17H9F4N3O/c18-13-6-5-10(9-12(13)17(19,20)21)15-23-14-4-2-1-3-11(14)16(24-15)25-8-7-22/h1-6,9H,8H2. The zero-order chi connectivity index (χ0) is 18.0. The predicted octanol–water partition coefficient (Wildman–Crippen LogP) is 4.36. The monoisotopic (exact) mass is 347 g/mol. The van der Waals surface area contributed by atoms with E-state index < -0.39 is 17.6 Å². The molecule has 3 rings (SSSR count). The lowest BCUT2D eigenvalue weighted by atomic mass is 10.1. The minimum absolute atomic E-state index is 0.0127. The van der Waals surface area contributed by atoms with Crippen molar-refractivity contribution in [2.45, 2.75) is 6.18 Å². The van der Waals surface area contributed by atoms with Crippen LogP contribution in [-0.2, 0) is 6.18 Å². The second kappa shape index (κ2) is 6.36. The number of alkyl halides is 3. The van der Waals surface area contributed by atoms with Crippen LogP contribution < -0.4 is 4.74 Å². The largest absolute Gasteiger partial charge is 0.462 e. The van der Waals surface area contributed by atoms with Gasteiger partial charge in [0.05, 0.1) is 16.5 Å². The molecule has 1 aromatic heterocycles. The summed E-state index contributed by atoms with van der Waals surface area (Å²) in [5, 5.41) is 9.17. The van der Waals surface area contributed by atoms with Crippen LogP contribution in [0.2, 0.25) is 0 Å². The van der Waals surface area contributed by atoms with Crippen molar-refractivity contribution in [3.8, 4) is 23.3 Å². The van der Waals surface area contributed by atoms with E-state index in [1.807, 2.05) is 0 Å². The third-order valence-electron chi connectivity index (χ3n) is 3.37. The number of hydrogen-bond acceptors (Lipinski definition) is 4. The molecule has 0 spiro atoms. The number of halogens is 4. The topological polar surface area (TPSA) is 58.8 Å². The van der Waals surface area contributed by atoms with Crippen LogP contribution in [0.3, 0.4) is 0 Å². The molecular formula is C17H9F4N3O. The maximum atomic E-state index is 13.5. The van der Waals surface area contributed by atoms with E-state index in [1.165, 1.54) is 0 Å². The average molecular weight is 347 g/mol. The fraction of sp³-hybridized carbons (Fsp3) is 0.118. The van der Waals surface area contributed by atoms with Crippen molar-refractivity contribution in [3.63, 3.8) is 0 Å². The Morgan fingerprint density at radius 1 is 1.08 bits per heavy atom. The van der Waals surface area contributed by atoms with Crippen molar-refractivity contribution >= 4 is 10.9 Å². The number of rotatable bonds is 3. The van der Waals surface area contributed by atoms with Gasteiger partial charge in [0, 0.05) is 5.56 Å². The minimum atomic E-state index is -4.84. The Hall–Kier alpha value is -3.21. The molecule has 0 N–H and O–H groups in total. The van der Waals surface area contributed by atoms with E-state index in [0.29, 0.717) is 23.0 Å². The summed E-state index contributed by atoms with van der Waals surface area (Å²) < 4.78 is 57.4. The van der Waals surface area contributed by atoms with Crippen LogP contribution in [0.1, 0.15) is 5.56 Å². The molecule has 0 unspecified atom stereocenters. The van der Waals surface area contributed by atoms with Crippen molar-refractivity contribution in [3.05, 3.63) is 53.8 Å². The van der Waals surface area contributed by atoms with E-state index in [0.717, 1.165) is 6.07 Å². The number of nitrogens with zero attached hydrogens (tertiary/aromatic N) is 3. The molecule has 0 amide bonds. The number of hydrogen-bond donors (Lipinski definition) is 0. The molecule has 126 valence electrons. The fourth-order valence-corrected chi connectivity index (χ4v) is 2.27. The summed E-state index contributed by atoms with van der Waals surface area (Å²) >= 11 is 0. The van der Waals surface area contributed by atoms with Gasteiger partial charge in [-0.05, 0) is 30.3 Å². The number of benzene rings is 2. The van der Waals surface area contributed by atoms with E-state index in [4.69, 9.17) is 10.00 Å². The van der Waals surface area contributed by atoms with Gasteiger partial charge in [-0.1, -0.05) is 12.1 Å². The summed E-state index contributed by atoms with van der Waals surface area (Å²) in [7, 11) is 0. The molecule has 0 aliphatic heterocycles. The lowest BCUT2D eigenvalue weighted by Crippen LogP contribution is -2.08. The predicted molar refractivity (Wildman–Crippen MR) is 81.0 cm³/mol. The molecule has 0 saturated carbocycles. The molecule has 0 bridgehead atoms. The van der Waals surface area contributed by atoms with Gasteiger partial charge < -0.3 is 4.74 Å². The van der Waals surface area contributed by atoms with Crippen molar-refractivity contribution in [1.82, 2.24) is 9.97 Å². The summed E-state index contributed by atoms with van der Waals surface area (Å²) in [6.45, 7) is -0.280. The molecule has 0 aliphatic rings. The molecule has 0 radical (unpaired) electrons. The molecule has 25 heavy (non-hydrogen) atoms. The lowest BCUT2D eigenvalue weighted by molar-refractivity contribution is -0.139. The highest BCUT2D eigenvalue weighted by Gasteiger charge is 2.34. The molecule has 2 aromatic carbocycles. The Morgan fingerprint density at radius 2 is 1.84 bits per heavy atom. The first kappa shape index (κ1) is 16.6. The molecule has 3 aromatic rings.